The summed E-state index contributed by atoms with van der Waals surface area (Å²) in [5.41, 5.74) is 9.09. The van der Waals surface area contributed by atoms with Crippen LogP contribution in [0, 0.1) is 6.92 Å². The van der Waals surface area contributed by atoms with E-state index in [4.69, 9.17) is 15.5 Å². The summed E-state index contributed by atoms with van der Waals surface area (Å²) in [5.74, 6) is -0.0616. The van der Waals surface area contributed by atoms with E-state index in [9.17, 15) is 9.59 Å². The van der Waals surface area contributed by atoms with Crippen molar-refractivity contribution in [2.75, 3.05) is 13.2 Å². The largest absolute Gasteiger partial charge is 0.484 e. The first-order valence-corrected chi connectivity index (χ1v) is 11.7. The molecule has 6 nitrogen and oxygen atoms in total. The molecule has 3 aromatic carbocycles. The summed E-state index contributed by atoms with van der Waals surface area (Å²) in [4.78, 5) is 31.3. The van der Waals surface area contributed by atoms with Crippen molar-refractivity contribution >= 4 is 40.5 Å². The fraction of sp³-hybridized carbons (Fsp3) is 0.148. The van der Waals surface area contributed by atoms with E-state index in [0.29, 0.717) is 22.4 Å². The van der Waals surface area contributed by atoms with Crippen molar-refractivity contribution in [2.45, 2.75) is 13.3 Å². The Bertz CT molecular complexity index is 1220. The number of carbonyl (C=O) groups is 2. The zero-order valence-electron chi connectivity index (χ0n) is 18.8. The third kappa shape index (κ3) is 6.14. The van der Waals surface area contributed by atoms with Crippen LogP contribution in [0.1, 0.15) is 16.7 Å². The number of aryl methyl sites for hydroxylation is 1. The molecular formula is C27H25N3O3S. The van der Waals surface area contributed by atoms with Crippen molar-refractivity contribution in [1.29, 1.82) is 0 Å². The van der Waals surface area contributed by atoms with Gasteiger partial charge in [-0.3, -0.25) is 14.5 Å². The van der Waals surface area contributed by atoms with Crippen LogP contribution in [-0.2, 0) is 16.0 Å². The molecule has 3 aromatic rings. The van der Waals surface area contributed by atoms with Gasteiger partial charge in [-0.25, -0.2) is 4.99 Å². The van der Waals surface area contributed by atoms with Crippen molar-refractivity contribution in [1.82, 2.24) is 4.90 Å². The zero-order valence-corrected chi connectivity index (χ0v) is 19.6. The predicted octanol–water partition coefficient (Wildman–Crippen LogP) is 4.71. The van der Waals surface area contributed by atoms with Gasteiger partial charge in [-0.1, -0.05) is 60.2 Å². The molecule has 1 heterocycles. The van der Waals surface area contributed by atoms with E-state index < -0.39 is 5.91 Å². The number of amides is 2. The Morgan fingerprint density at radius 1 is 1.03 bits per heavy atom. The number of benzene rings is 3. The molecule has 0 saturated carbocycles. The Morgan fingerprint density at radius 2 is 1.74 bits per heavy atom. The number of ether oxygens (including phenoxy) is 1. The van der Waals surface area contributed by atoms with E-state index in [1.54, 1.807) is 17.0 Å². The van der Waals surface area contributed by atoms with Gasteiger partial charge in [0.25, 0.3) is 11.8 Å². The van der Waals surface area contributed by atoms with E-state index in [1.807, 2.05) is 67.6 Å². The summed E-state index contributed by atoms with van der Waals surface area (Å²) >= 11 is 1.37. The second-order valence-corrected chi connectivity index (χ2v) is 8.87. The predicted molar refractivity (Wildman–Crippen MR) is 137 cm³/mol. The van der Waals surface area contributed by atoms with Crippen LogP contribution in [0.2, 0.25) is 0 Å². The molecule has 1 aliphatic heterocycles. The molecular weight excluding hydrogens is 446 g/mol. The first-order chi connectivity index (χ1) is 16.5. The van der Waals surface area contributed by atoms with Crippen molar-refractivity contribution in [3.63, 3.8) is 0 Å². The van der Waals surface area contributed by atoms with Crippen LogP contribution < -0.4 is 10.5 Å². The lowest BCUT2D eigenvalue weighted by Crippen LogP contribution is -2.31. The summed E-state index contributed by atoms with van der Waals surface area (Å²) in [7, 11) is 0. The van der Waals surface area contributed by atoms with Crippen molar-refractivity contribution in [2.24, 2.45) is 10.7 Å². The van der Waals surface area contributed by atoms with Crippen LogP contribution in [0.15, 0.2) is 88.8 Å². The summed E-state index contributed by atoms with van der Waals surface area (Å²) in [6.07, 6.45) is 2.58. The molecule has 172 valence electrons. The molecule has 1 aliphatic rings. The minimum atomic E-state index is -0.532. The fourth-order valence-electron chi connectivity index (χ4n) is 3.37. The van der Waals surface area contributed by atoms with Gasteiger partial charge in [0, 0.05) is 6.54 Å². The van der Waals surface area contributed by atoms with Crippen LogP contribution in [0.5, 0.6) is 5.75 Å². The van der Waals surface area contributed by atoms with Crippen molar-refractivity contribution < 1.29 is 14.3 Å². The van der Waals surface area contributed by atoms with E-state index in [1.165, 1.54) is 17.3 Å². The molecule has 0 bridgehead atoms. The maximum atomic E-state index is 13.3. The van der Waals surface area contributed by atoms with Crippen molar-refractivity contribution in [3.8, 4) is 5.75 Å². The minimum absolute atomic E-state index is 0.0687. The number of nitrogens with zero attached hydrogens (tertiary/aromatic N) is 2. The Balaban J connectivity index is 1.56. The number of thioether (sulfide) groups is 1. The molecule has 0 unspecified atom stereocenters. The number of carbonyl (C=O) groups excluding carboxylic acids is 2. The molecule has 1 fully saturated rings. The molecule has 0 spiro atoms. The molecule has 34 heavy (non-hydrogen) atoms. The van der Waals surface area contributed by atoms with Gasteiger partial charge in [0.15, 0.2) is 11.8 Å². The van der Waals surface area contributed by atoms with Gasteiger partial charge in [-0.05, 0) is 66.6 Å². The van der Waals surface area contributed by atoms with Crippen LogP contribution in [0.3, 0.4) is 0 Å². The Morgan fingerprint density at radius 3 is 2.41 bits per heavy atom. The van der Waals surface area contributed by atoms with E-state index in [2.05, 4.69) is 12.1 Å². The summed E-state index contributed by atoms with van der Waals surface area (Å²) < 4.78 is 5.30. The Labute approximate surface area is 203 Å². The van der Waals surface area contributed by atoms with Crippen LogP contribution in [-0.4, -0.2) is 35.0 Å². The third-order valence-corrected chi connectivity index (χ3v) is 6.18. The maximum Gasteiger partial charge on any atom is 0.266 e. The number of rotatable bonds is 8. The monoisotopic (exact) mass is 471 g/mol. The fourth-order valence-corrected chi connectivity index (χ4v) is 4.39. The lowest BCUT2D eigenvalue weighted by Gasteiger charge is -2.15. The molecule has 7 heteroatoms. The molecule has 0 aliphatic carbocycles. The van der Waals surface area contributed by atoms with E-state index in [-0.39, 0.29) is 12.5 Å². The average Bonchev–Trinajstić information content (AvgIpc) is 3.13. The average molecular weight is 472 g/mol. The number of hydrogen-bond donors (Lipinski definition) is 1. The SMILES string of the molecule is Cc1ccc(N=C2S/C(=C/c3ccc(OCC(N)=O)cc3)C(=O)N2CCc2ccccc2)cc1. The summed E-state index contributed by atoms with van der Waals surface area (Å²) in [6, 6.07) is 25.2. The van der Waals surface area contributed by atoms with Gasteiger partial charge in [-0.2, -0.15) is 0 Å². The Hall–Kier alpha value is -3.84. The summed E-state index contributed by atoms with van der Waals surface area (Å²) in [5, 5.41) is 0.664. The van der Waals surface area contributed by atoms with Gasteiger partial charge < -0.3 is 10.5 Å². The maximum absolute atomic E-state index is 13.3. The van der Waals surface area contributed by atoms with Gasteiger partial charge in [0.05, 0.1) is 10.6 Å². The lowest BCUT2D eigenvalue weighted by molar-refractivity contribution is -0.122. The van der Waals surface area contributed by atoms with E-state index in [0.717, 1.165) is 23.2 Å². The van der Waals surface area contributed by atoms with Gasteiger partial charge in [0.1, 0.15) is 5.75 Å². The minimum Gasteiger partial charge on any atom is -0.484 e. The van der Waals surface area contributed by atoms with Crippen LogP contribution in [0.4, 0.5) is 5.69 Å². The first kappa shape index (κ1) is 23.3. The number of aliphatic imine (C=N–C) groups is 1. The van der Waals surface area contributed by atoms with Crippen LogP contribution >= 0.6 is 11.8 Å². The number of hydrogen-bond acceptors (Lipinski definition) is 5. The second kappa shape index (κ2) is 10.9. The van der Waals surface area contributed by atoms with Crippen LogP contribution in [0.25, 0.3) is 6.08 Å². The highest BCUT2D eigenvalue weighted by atomic mass is 32.2. The number of nitrogens with two attached hydrogens (primary N) is 1. The standard InChI is InChI=1S/C27H25N3O3S/c1-19-7-11-22(12-8-19)29-27-30(16-15-20-5-3-2-4-6-20)26(32)24(34-27)17-21-9-13-23(14-10-21)33-18-25(28)31/h2-14,17H,15-16,18H2,1H3,(H2,28,31)/b24-17+,29-27?. The molecule has 2 N–H and O–H groups in total. The molecule has 1 saturated heterocycles. The van der Waals surface area contributed by atoms with Gasteiger partial charge in [0.2, 0.25) is 0 Å². The smallest absolute Gasteiger partial charge is 0.266 e. The molecule has 2 amide bonds. The van der Waals surface area contributed by atoms with E-state index >= 15 is 0 Å². The summed E-state index contributed by atoms with van der Waals surface area (Å²) in [6.45, 7) is 2.39. The molecule has 0 atom stereocenters. The first-order valence-electron chi connectivity index (χ1n) is 10.9. The molecule has 0 radical (unpaired) electrons. The second-order valence-electron chi connectivity index (χ2n) is 7.86. The lowest BCUT2D eigenvalue weighted by atomic mass is 10.1. The highest BCUT2D eigenvalue weighted by Crippen LogP contribution is 2.34. The quantitative estimate of drug-likeness (QED) is 0.483. The highest BCUT2D eigenvalue weighted by molar-refractivity contribution is 8.18. The third-order valence-electron chi connectivity index (χ3n) is 5.17. The zero-order chi connectivity index (χ0) is 23.9. The van der Waals surface area contributed by atoms with Gasteiger partial charge in [-0.15, -0.1) is 0 Å². The van der Waals surface area contributed by atoms with Crippen molar-refractivity contribution in [3.05, 3.63) is 100 Å². The normalized spacial score (nSPS) is 15.8. The number of primary amides is 1. The molecule has 0 aromatic heterocycles. The Kier molecular flexibility index (Phi) is 7.44. The van der Waals surface area contributed by atoms with Gasteiger partial charge >= 0.3 is 0 Å². The highest BCUT2D eigenvalue weighted by Gasteiger charge is 2.33. The molecule has 4 rings (SSSR count). The topological polar surface area (TPSA) is 85.0 Å². The number of amidine groups is 1.